The summed E-state index contributed by atoms with van der Waals surface area (Å²) in [5, 5.41) is 2.99. The zero-order valence-corrected chi connectivity index (χ0v) is 14.4. The van der Waals surface area contributed by atoms with E-state index >= 15 is 0 Å². The summed E-state index contributed by atoms with van der Waals surface area (Å²) >= 11 is 0. The number of nitrogens with one attached hydrogen (secondary N) is 1. The molecule has 1 aromatic heterocycles. The Morgan fingerprint density at radius 3 is 2.32 bits per heavy atom. The van der Waals surface area contributed by atoms with Gasteiger partial charge in [-0.25, -0.2) is 0 Å². The minimum absolute atomic E-state index is 0.0265. The third-order valence-corrected chi connectivity index (χ3v) is 4.18. The molecule has 1 N–H and O–H groups in total. The molecule has 25 heavy (non-hydrogen) atoms. The molecule has 0 unspecified atom stereocenters. The first-order valence-electron chi connectivity index (χ1n) is 8.52. The average Bonchev–Trinajstić information content (AvgIpc) is 3.20. The Bertz CT molecular complexity index is 780. The summed E-state index contributed by atoms with van der Waals surface area (Å²) in [5.74, 6) is -0.0265. The third kappa shape index (κ3) is 4.51. The average molecular weight is 333 g/mol. The zero-order chi connectivity index (χ0) is 17.5. The van der Waals surface area contributed by atoms with E-state index in [-0.39, 0.29) is 5.91 Å². The second-order valence-electron chi connectivity index (χ2n) is 6.00. The van der Waals surface area contributed by atoms with Crippen LogP contribution in [0.15, 0.2) is 79.1 Å². The molecular weight excluding hydrogens is 310 g/mol. The topological polar surface area (TPSA) is 37.3 Å². The fraction of sp³-hybridized carbons (Fsp3) is 0.190. The number of hydrogen-bond donors (Lipinski definition) is 1. The smallest absolute Gasteiger partial charge is 0.251 e. The maximum absolute atomic E-state index is 12.2. The summed E-state index contributed by atoms with van der Waals surface area (Å²) in [4.78, 5) is 14.4. The molecule has 3 aromatic rings. The molecule has 0 saturated carbocycles. The van der Waals surface area contributed by atoms with Gasteiger partial charge in [-0.1, -0.05) is 18.2 Å². The summed E-state index contributed by atoms with van der Waals surface area (Å²) in [6, 6.07) is 21.8. The van der Waals surface area contributed by atoms with Crippen LogP contribution in [0.4, 0.5) is 5.69 Å². The molecule has 3 rings (SSSR count). The number of para-hydroxylation sites is 1. The predicted molar refractivity (Wildman–Crippen MR) is 102 cm³/mol. The highest BCUT2D eigenvalue weighted by Crippen LogP contribution is 2.11. The van der Waals surface area contributed by atoms with Gasteiger partial charge in [-0.15, -0.1) is 0 Å². The highest BCUT2D eigenvalue weighted by molar-refractivity contribution is 5.94. The Morgan fingerprint density at radius 1 is 0.960 bits per heavy atom. The van der Waals surface area contributed by atoms with Gasteiger partial charge >= 0.3 is 0 Å². The lowest BCUT2D eigenvalue weighted by Crippen LogP contribution is -2.28. The molecule has 0 aliphatic rings. The minimum Gasteiger partial charge on any atom is -0.375 e. The van der Waals surface area contributed by atoms with Crippen LogP contribution < -0.4 is 10.2 Å². The first-order valence-corrected chi connectivity index (χ1v) is 8.52. The molecular formula is C21H23N3O. The molecule has 0 radical (unpaired) electrons. The van der Waals surface area contributed by atoms with E-state index in [1.165, 1.54) is 5.69 Å². The third-order valence-electron chi connectivity index (χ3n) is 4.18. The number of nitrogens with zero attached hydrogens (tertiary/aromatic N) is 2. The normalized spacial score (nSPS) is 10.4. The quantitative estimate of drug-likeness (QED) is 0.669. The monoisotopic (exact) mass is 333 g/mol. The lowest BCUT2D eigenvalue weighted by atomic mass is 10.2. The van der Waals surface area contributed by atoms with Crippen molar-refractivity contribution in [2.24, 2.45) is 0 Å². The van der Waals surface area contributed by atoms with Crippen LogP contribution in [0.25, 0.3) is 5.69 Å². The van der Waals surface area contributed by atoms with E-state index < -0.39 is 0 Å². The van der Waals surface area contributed by atoms with Gasteiger partial charge < -0.3 is 14.8 Å². The fourth-order valence-corrected chi connectivity index (χ4v) is 2.72. The number of aromatic nitrogens is 1. The Hall–Kier alpha value is -3.01. The highest BCUT2D eigenvalue weighted by atomic mass is 16.1. The van der Waals surface area contributed by atoms with E-state index in [0.717, 1.165) is 18.7 Å². The molecule has 1 amide bonds. The van der Waals surface area contributed by atoms with Crippen molar-refractivity contribution in [3.05, 3.63) is 84.7 Å². The van der Waals surface area contributed by atoms with E-state index in [9.17, 15) is 4.79 Å². The van der Waals surface area contributed by atoms with Crippen LogP contribution in [0.2, 0.25) is 0 Å². The Kier molecular flexibility index (Phi) is 5.52. The number of carbonyl (C=O) groups is 1. The number of benzene rings is 2. The van der Waals surface area contributed by atoms with Crippen molar-refractivity contribution in [3.63, 3.8) is 0 Å². The summed E-state index contributed by atoms with van der Waals surface area (Å²) in [6.45, 7) is 1.56. The first-order chi connectivity index (χ1) is 12.2. The molecule has 4 nitrogen and oxygen atoms in total. The fourth-order valence-electron chi connectivity index (χ4n) is 2.72. The van der Waals surface area contributed by atoms with E-state index in [0.29, 0.717) is 12.1 Å². The van der Waals surface area contributed by atoms with E-state index in [2.05, 4.69) is 29.4 Å². The second-order valence-corrected chi connectivity index (χ2v) is 6.00. The highest BCUT2D eigenvalue weighted by Gasteiger charge is 2.06. The van der Waals surface area contributed by atoms with E-state index in [4.69, 9.17) is 0 Å². The number of rotatable bonds is 7. The molecule has 0 fully saturated rings. The maximum atomic E-state index is 12.2. The van der Waals surface area contributed by atoms with Crippen molar-refractivity contribution in [1.82, 2.24) is 9.88 Å². The zero-order valence-electron chi connectivity index (χ0n) is 14.4. The van der Waals surface area contributed by atoms with Crippen molar-refractivity contribution in [2.45, 2.75) is 6.42 Å². The van der Waals surface area contributed by atoms with Gasteiger partial charge in [0.05, 0.1) is 0 Å². The van der Waals surface area contributed by atoms with Gasteiger partial charge in [0.1, 0.15) is 0 Å². The SMILES string of the molecule is CN(CCCNC(=O)c1ccc(-n2cccc2)cc1)c1ccccc1. The molecule has 0 atom stereocenters. The second kappa shape index (κ2) is 8.20. The van der Waals surface area contributed by atoms with Crippen molar-refractivity contribution >= 4 is 11.6 Å². The predicted octanol–water partition coefficient (Wildman–Crippen LogP) is 3.73. The Balaban J connectivity index is 1.45. The van der Waals surface area contributed by atoms with Crippen LogP contribution in [0.5, 0.6) is 0 Å². The summed E-state index contributed by atoms with van der Waals surface area (Å²) < 4.78 is 2.01. The van der Waals surface area contributed by atoms with Crippen LogP contribution in [0, 0.1) is 0 Å². The van der Waals surface area contributed by atoms with Gasteiger partial charge in [0.15, 0.2) is 0 Å². The standard InChI is InChI=1S/C21H23N3O/c1-23(19-8-3-2-4-9-19)15-7-14-22-21(25)18-10-12-20(13-11-18)24-16-5-6-17-24/h2-6,8-13,16-17H,7,14-15H2,1H3,(H,22,25). The number of amides is 1. The molecule has 128 valence electrons. The number of hydrogen-bond acceptors (Lipinski definition) is 2. The molecule has 1 heterocycles. The largest absolute Gasteiger partial charge is 0.375 e. The van der Waals surface area contributed by atoms with E-state index in [1.54, 1.807) is 0 Å². The van der Waals surface area contributed by atoms with Gasteiger partial charge in [-0.2, -0.15) is 0 Å². The molecule has 2 aromatic carbocycles. The summed E-state index contributed by atoms with van der Waals surface area (Å²) in [5.41, 5.74) is 2.92. The van der Waals surface area contributed by atoms with Crippen LogP contribution in [0.3, 0.4) is 0 Å². The number of carbonyl (C=O) groups excluding carboxylic acids is 1. The lowest BCUT2D eigenvalue weighted by molar-refractivity contribution is 0.0953. The van der Waals surface area contributed by atoms with E-state index in [1.807, 2.05) is 71.6 Å². The van der Waals surface area contributed by atoms with Gasteiger partial charge in [-0.05, 0) is 55.0 Å². The van der Waals surface area contributed by atoms with Gasteiger partial charge in [0.2, 0.25) is 0 Å². The molecule has 0 saturated heterocycles. The van der Waals surface area contributed by atoms with Crippen molar-refractivity contribution in [2.75, 3.05) is 25.0 Å². The van der Waals surface area contributed by atoms with Gasteiger partial charge in [0.25, 0.3) is 5.91 Å². The van der Waals surface area contributed by atoms with Gasteiger partial charge in [0, 0.05) is 49.5 Å². The molecule has 0 bridgehead atoms. The lowest BCUT2D eigenvalue weighted by Gasteiger charge is -2.19. The van der Waals surface area contributed by atoms with Crippen LogP contribution >= 0.6 is 0 Å². The minimum atomic E-state index is -0.0265. The Morgan fingerprint density at radius 2 is 1.64 bits per heavy atom. The van der Waals surface area contributed by atoms with Crippen molar-refractivity contribution in [1.29, 1.82) is 0 Å². The van der Waals surface area contributed by atoms with Crippen LogP contribution in [-0.2, 0) is 0 Å². The number of anilines is 1. The maximum Gasteiger partial charge on any atom is 0.251 e. The summed E-state index contributed by atoms with van der Waals surface area (Å²) in [6.07, 6.45) is 4.87. The van der Waals surface area contributed by atoms with Crippen LogP contribution in [-0.4, -0.2) is 30.6 Å². The molecule has 0 spiro atoms. The van der Waals surface area contributed by atoms with Gasteiger partial charge in [-0.3, -0.25) is 4.79 Å². The van der Waals surface area contributed by atoms with Crippen LogP contribution in [0.1, 0.15) is 16.8 Å². The molecule has 4 heteroatoms. The molecule has 0 aliphatic carbocycles. The molecule has 0 aliphatic heterocycles. The first kappa shape index (κ1) is 16.8. The van der Waals surface area contributed by atoms with Crippen molar-refractivity contribution < 1.29 is 4.79 Å². The Labute approximate surface area is 148 Å². The summed E-state index contributed by atoms with van der Waals surface area (Å²) in [7, 11) is 2.07. The van der Waals surface area contributed by atoms with Crippen molar-refractivity contribution in [3.8, 4) is 5.69 Å².